The Labute approximate surface area is 290 Å². The molecular weight excluding hydrogens is 631 g/mol. The maximum Gasteiger partial charge on any atom is 0.137 e. The van der Waals surface area contributed by atoms with E-state index in [2.05, 4.69) is 169 Å². The summed E-state index contributed by atoms with van der Waals surface area (Å²) < 4.78 is 14.4. The van der Waals surface area contributed by atoms with Crippen LogP contribution >= 0.6 is 11.3 Å². The summed E-state index contributed by atoms with van der Waals surface area (Å²) in [4.78, 5) is 3.55. The van der Waals surface area contributed by atoms with Crippen molar-refractivity contribution in [2.45, 2.75) is 0 Å². The number of anilines is 3. The lowest BCUT2D eigenvalue weighted by atomic mass is 10.0. The standard InChI is InChI=1S/C46H27NO2S/c1-3-9-31-23-41-39(21-29(31)7-1)37-19-17-35(26-43(37)48-41)47(34-15-13-28(14-16-34)46-25-33-11-5-6-12-45(33)50-46)36-18-20-38-40-22-30-8-2-4-10-32(30)24-42(40)49-44(38)27-36/h1-27H. The molecule has 50 heavy (non-hydrogen) atoms. The van der Waals surface area contributed by atoms with Crippen molar-refractivity contribution in [1.82, 2.24) is 0 Å². The highest BCUT2D eigenvalue weighted by molar-refractivity contribution is 7.22. The molecule has 3 aromatic heterocycles. The van der Waals surface area contributed by atoms with E-state index in [0.29, 0.717) is 0 Å². The molecule has 4 heteroatoms. The second-order valence-corrected chi connectivity index (χ2v) is 14.1. The second-order valence-electron chi connectivity index (χ2n) is 13.0. The van der Waals surface area contributed by atoms with Gasteiger partial charge in [0.05, 0.1) is 0 Å². The molecule has 0 fully saturated rings. The third-order valence-corrected chi connectivity index (χ3v) is 11.2. The first kappa shape index (κ1) is 27.6. The normalized spacial score (nSPS) is 12.0. The summed E-state index contributed by atoms with van der Waals surface area (Å²) in [6.45, 7) is 0. The van der Waals surface area contributed by atoms with Crippen molar-refractivity contribution in [3.05, 3.63) is 164 Å². The number of hydrogen-bond donors (Lipinski definition) is 0. The first-order valence-electron chi connectivity index (χ1n) is 16.8. The van der Waals surface area contributed by atoms with Crippen LogP contribution in [0, 0.1) is 0 Å². The van der Waals surface area contributed by atoms with Gasteiger partial charge in [0, 0.05) is 60.3 Å². The molecule has 0 aliphatic carbocycles. The van der Waals surface area contributed by atoms with Gasteiger partial charge >= 0.3 is 0 Å². The lowest BCUT2D eigenvalue weighted by molar-refractivity contribution is 0.669. The Morgan fingerprint density at radius 3 is 1.36 bits per heavy atom. The Morgan fingerprint density at radius 2 is 0.820 bits per heavy atom. The van der Waals surface area contributed by atoms with E-state index in [1.807, 2.05) is 11.3 Å². The van der Waals surface area contributed by atoms with Gasteiger partial charge in [-0.25, -0.2) is 0 Å². The SMILES string of the molecule is c1ccc2cc3c(cc2c1)oc1cc(N(c2ccc(-c4cc5ccccc5s4)cc2)c2ccc4c(c2)oc2cc5ccccc5cc24)ccc13. The number of furan rings is 2. The Morgan fingerprint density at radius 1 is 0.360 bits per heavy atom. The zero-order valence-electron chi connectivity index (χ0n) is 26.8. The summed E-state index contributed by atoms with van der Waals surface area (Å²) in [7, 11) is 0. The molecular formula is C46H27NO2S. The molecule has 3 nitrogen and oxygen atoms in total. The predicted molar refractivity (Wildman–Crippen MR) is 212 cm³/mol. The van der Waals surface area contributed by atoms with Crippen LogP contribution in [0.1, 0.15) is 0 Å². The van der Waals surface area contributed by atoms with Crippen LogP contribution in [0.3, 0.4) is 0 Å². The molecule has 0 N–H and O–H groups in total. The minimum atomic E-state index is 0.858. The monoisotopic (exact) mass is 657 g/mol. The summed E-state index contributed by atoms with van der Waals surface area (Å²) in [5, 5.41) is 10.5. The third-order valence-electron chi connectivity index (χ3n) is 10.00. The van der Waals surface area contributed by atoms with E-state index in [4.69, 9.17) is 8.83 Å². The average molecular weight is 658 g/mol. The van der Waals surface area contributed by atoms with Crippen LogP contribution in [0.2, 0.25) is 0 Å². The molecule has 11 rings (SSSR count). The van der Waals surface area contributed by atoms with Gasteiger partial charge < -0.3 is 13.7 Å². The zero-order chi connectivity index (χ0) is 32.8. The van der Waals surface area contributed by atoms with Gasteiger partial charge in [-0.3, -0.25) is 0 Å². The molecule has 234 valence electrons. The number of benzene rings is 8. The fraction of sp³-hybridized carbons (Fsp3) is 0. The minimum absolute atomic E-state index is 0.858. The largest absolute Gasteiger partial charge is 0.456 e. The molecule has 0 radical (unpaired) electrons. The van der Waals surface area contributed by atoms with Crippen molar-refractivity contribution in [3.63, 3.8) is 0 Å². The van der Waals surface area contributed by atoms with Gasteiger partial charge in [-0.15, -0.1) is 11.3 Å². The quantitative estimate of drug-likeness (QED) is 0.189. The van der Waals surface area contributed by atoms with Gasteiger partial charge in [-0.05, 0) is 105 Å². The van der Waals surface area contributed by atoms with E-state index in [9.17, 15) is 0 Å². The van der Waals surface area contributed by atoms with E-state index in [1.54, 1.807) is 0 Å². The second kappa shape index (κ2) is 10.6. The summed E-state index contributed by atoms with van der Waals surface area (Å²) in [6, 6.07) is 58.5. The van der Waals surface area contributed by atoms with Crippen molar-refractivity contribution >= 4 is 104 Å². The molecule has 0 aliphatic rings. The fourth-order valence-electron chi connectivity index (χ4n) is 7.53. The van der Waals surface area contributed by atoms with Crippen LogP contribution in [0.15, 0.2) is 173 Å². The van der Waals surface area contributed by atoms with Crippen LogP contribution in [0.5, 0.6) is 0 Å². The molecule has 0 atom stereocenters. The van der Waals surface area contributed by atoms with E-state index >= 15 is 0 Å². The van der Waals surface area contributed by atoms with Crippen molar-refractivity contribution in [3.8, 4) is 10.4 Å². The number of rotatable bonds is 4. The van der Waals surface area contributed by atoms with Crippen molar-refractivity contribution in [2.24, 2.45) is 0 Å². The van der Waals surface area contributed by atoms with Crippen LogP contribution in [0.4, 0.5) is 17.1 Å². The molecule has 0 bridgehead atoms. The first-order chi connectivity index (χ1) is 24.7. The Kier molecular flexibility index (Phi) is 5.83. The van der Waals surface area contributed by atoms with Crippen molar-refractivity contribution in [1.29, 1.82) is 0 Å². The average Bonchev–Trinajstić information content (AvgIpc) is 3.85. The highest BCUT2D eigenvalue weighted by Gasteiger charge is 2.19. The smallest absolute Gasteiger partial charge is 0.137 e. The third kappa shape index (κ3) is 4.29. The topological polar surface area (TPSA) is 29.5 Å². The molecule has 0 amide bonds. The summed E-state index contributed by atoms with van der Waals surface area (Å²) >= 11 is 1.83. The Balaban J connectivity index is 1.08. The summed E-state index contributed by atoms with van der Waals surface area (Å²) in [5.74, 6) is 0. The Hall–Kier alpha value is -6.36. The lowest BCUT2D eigenvalue weighted by Gasteiger charge is -2.25. The van der Waals surface area contributed by atoms with Gasteiger partial charge in [0.1, 0.15) is 22.3 Å². The van der Waals surface area contributed by atoms with Crippen molar-refractivity contribution in [2.75, 3.05) is 4.90 Å². The van der Waals surface area contributed by atoms with Crippen LogP contribution < -0.4 is 4.90 Å². The van der Waals surface area contributed by atoms with E-state index in [1.165, 1.54) is 42.1 Å². The van der Waals surface area contributed by atoms with Gasteiger partial charge in [-0.1, -0.05) is 78.9 Å². The van der Waals surface area contributed by atoms with Gasteiger partial charge in [0.2, 0.25) is 0 Å². The van der Waals surface area contributed by atoms with Gasteiger partial charge in [0.15, 0.2) is 0 Å². The molecule has 0 spiro atoms. The lowest BCUT2D eigenvalue weighted by Crippen LogP contribution is -2.09. The van der Waals surface area contributed by atoms with Gasteiger partial charge in [0.25, 0.3) is 0 Å². The predicted octanol–water partition coefficient (Wildman–Crippen LogP) is 14.1. The van der Waals surface area contributed by atoms with Gasteiger partial charge in [-0.2, -0.15) is 0 Å². The van der Waals surface area contributed by atoms with Crippen LogP contribution in [-0.4, -0.2) is 0 Å². The number of hydrogen-bond acceptors (Lipinski definition) is 4. The first-order valence-corrected chi connectivity index (χ1v) is 17.6. The van der Waals surface area contributed by atoms with Crippen LogP contribution in [0.25, 0.3) is 85.9 Å². The van der Waals surface area contributed by atoms with Crippen LogP contribution in [-0.2, 0) is 0 Å². The number of nitrogens with zero attached hydrogens (tertiary/aromatic N) is 1. The molecule has 0 unspecified atom stereocenters. The molecule has 0 saturated carbocycles. The Bertz CT molecular complexity index is 2920. The fourth-order valence-corrected chi connectivity index (χ4v) is 8.59. The maximum absolute atomic E-state index is 6.53. The summed E-state index contributed by atoms with van der Waals surface area (Å²) in [5.41, 5.74) is 7.78. The number of fused-ring (bicyclic) bond motifs is 9. The molecule has 8 aromatic carbocycles. The van der Waals surface area contributed by atoms with E-state index in [-0.39, 0.29) is 0 Å². The highest BCUT2D eigenvalue weighted by Crippen LogP contribution is 2.43. The molecule has 3 heterocycles. The minimum Gasteiger partial charge on any atom is -0.456 e. The van der Waals surface area contributed by atoms with E-state index in [0.717, 1.165) is 60.9 Å². The van der Waals surface area contributed by atoms with E-state index < -0.39 is 0 Å². The van der Waals surface area contributed by atoms with Crippen molar-refractivity contribution < 1.29 is 8.83 Å². The summed E-state index contributed by atoms with van der Waals surface area (Å²) in [6.07, 6.45) is 0. The highest BCUT2D eigenvalue weighted by atomic mass is 32.1. The maximum atomic E-state index is 6.53. The molecule has 0 aliphatic heterocycles. The number of thiophene rings is 1. The zero-order valence-corrected chi connectivity index (χ0v) is 27.6. The molecule has 0 saturated heterocycles. The molecule has 11 aromatic rings.